The van der Waals surface area contributed by atoms with Gasteiger partial charge in [0, 0.05) is 31.9 Å². The predicted octanol–water partition coefficient (Wildman–Crippen LogP) is 3.58. The first-order valence-electron chi connectivity index (χ1n) is 9.29. The van der Waals surface area contributed by atoms with E-state index in [9.17, 15) is 0 Å². The van der Waals surface area contributed by atoms with E-state index < -0.39 is 0 Å². The second-order valence-electron chi connectivity index (χ2n) is 7.02. The van der Waals surface area contributed by atoms with Crippen molar-refractivity contribution in [2.75, 3.05) is 26.2 Å². The Kier molecular flexibility index (Phi) is 6.42. The number of aromatic nitrogens is 1. The van der Waals surface area contributed by atoms with Crippen LogP contribution in [0.4, 0.5) is 0 Å². The zero-order valence-electron chi connectivity index (χ0n) is 15.4. The van der Waals surface area contributed by atoms with Crippen molar-refractivity contribution < 1.29 is 4.74 Å². The molecule has 0 amide bonds. The highest BCUT2D eigenvalue weighted by Crippen LogP contribution is 2.17. The zero-order valence-corrected chi connectivity index (χ0v) is 15.4. The molecule has 0 aliphatic carbocycles. The maximum Gasteiger partial charge on any atom is 0.130 e. The Morgan fingerprint density at radius 2 is 1.96 bits per heavy atom. The number of hydrogen-bond donors (Lipinski definition) is 0. The van der Waals surface area contributed by atoms with Gasteiger partial charge < -0.3 is 4.74 Å². The van der Waals surface area contributed by atoms with Crippen LogP contribution in [0.25, 0.3) is 0 Å². The minimum atomic E-state index is 0.511. The van der Waals surface area contributed by atoms with Crippen LogP contribution in [0.2, 0.25) is 0 Å². The summed E-state index contributed by atoms with van der Waals surface area (Å²) in [6.07, 6.45) is 3.04. The second-order valence-corrected chi connectivity index (χ2v) is 7.02. The Balaban J connectivity index is 1.54. The largest absolute Gasteiger partial charge is 0.487 e. The second kappa shape index (κ2) is 8.97. The molecule has 1 fully saturated rings. The molecule has 1 aliphatic heterocycles. The molecule has 0 unspecified atom stereocenters. The number of ether oxygens (including phenoxy) is 1. The summed E-state index contributed by atoms with van der Waals surface area (Å²) < 4.78 is 5.91. The van der Waals surface area contributed by atoms with E-state index in [1.807, 2.05) is 24.3 Å². The molecule has 0 saturated carbocycles. The molecule has 0 radical (unpaired) electrons. The third-order valence-electron chi connectivity index (χ3n) is 4.77. The van der Waals surface area contributed by atoms with Crippen LogP contribution in [-0.4, -0.2) is 47.0 Å². The third kappa shape index (κ3) is 5.55. The van der Waals surface area contributed by atoms with E-state index in [0.29, 0.717) is 12.6 Å². The SMILES string of the molecule is CC(C)N1CCCN(Cc2cccc(OCc3ccccn3)c2)CC1. The van der Waals surface area contributed by atoms with Crippen LogP contribution in [0.15, 0.2) is 48.7 Å². The Morgan fingerprint density at radius 1 is 1.04 bits per heavy atom. The van der Waals surface area contributed by atoms with Crippen LogP contribution in [0.3, 0.4) is 0 Å². The molecule has 1 saturated heterocycles. The van der Waals surface area contributed by atoms with Crippen LogP contribution in [0.5, 0.6) is 5.75 Å². The van der Waals surface area contributed by atoms with E-state index in [1.54, 1.807) is 6.20 Å². The summed E-state index contributed by atoms with van der Waals surface area (Å²) in [4.78, 5) is 9.44. The molecule has 3 rings (SSSR count). The quantitative estimate of drug-likeness (QED) is 0.804. The smallest absolute Gasteiger partial charge is 0.130 e. The Hall–Kier alpha value is -1.91. The Labute approximate surface area is 151 Å². The van der Waals surface area contributed by atoms with Gasteiger partial charge >= 0.3 is 0 Å². The normalized spacial score (nSPS) is 16.8. The van der Waals surface area contributed by atoms with Crippen molar-refractivity contribution in [3.05, 3.63) is 59.9 Å². The highest BCUT2D eigenvalue weighted by Gasteiger charge is 2.16. The van der Waals surface area contributed by atoms with Gasteiger partial charge in [-0.05, 0) is 63.2 Å². The summed E-state index contributed by atoms with van der Waals surface area (Å²) in [5.41, 5.74) is 2.27. The van der Waals surface area contributed by atoms with Crippen LogP contribution in [0.1, 0.15) is 31.5 Å². The summed E-state index contributed by atoms with van der Waals surface area (Å²) in [7, 11) is 0. The van der Waals surface area contributed by atoms with Gasteiger partial charge in [-0.3, -0.25) is 14.8 Å². The van der Waals surface area contributed by atoms with Crippen LogP contribution in [-0.2, 0) is 13.2 Å². The van der Waals surface area contributed by atoms with Gasteiger partial charge in [-0.15, -0.1) is 0 Å². The van der Waals surface area contributed by atoms with Crippen molar-refractivity contribution in [2.24, 2.45) is 0 Å². The number of rotatable bonds is 6. The first-order valence-corrected chi connectivity index (χ1v) is 9.29. The summed E-state index contributed by atoms with van der Waals surface area (Å²) in [5.74, 6) is 0.918. The van der Waals surface area contributed by atoms with Crippen molar-refractivity contribution in [3.63, 3.8) is 0 Å². The molecule has 0 spiro atoms. The zero-order chi connectivity index (χ0) is 17.5. The number of hydrogen-bond acceptors (Lipinski definition) is 4. The lowest BCUT2D eigenvalue weighted by Crippen LogP contribution is -2.34. The van der Waals surface area contributed by atoms with Gasteiger partial charge in [-0.1, -0.05) is 18.2 Å². The standard InChI is InChI=1S/C21H29N3O/c1-18(2)24-12-6-11-23(13-14-24)16-19-7-5-9-21(15-19)25-17-20-8-3-4-10-22-20/h3-5,7-10,15,18H,6,11-14,16-17H2,1-2H3. The molecular formula is C21H29N3O. The summed E-state index contributed by atoms with van der Waals surface area (Å²) in [6, 6.07) is 15.0. The van der Waals surface area contributed by atoms with Crippen LogP contribution in [0, 0.1) is 0 Å². The predicted molar refractivity (Wildman–Crippen MR) is 102 cm³/mol. The lowest BCUT2D eigenvalue weighted by Gasteiger charge is -2.25. The van der Waals surface area contributed by atoms with Crippen LogP contribution < -0.4 is 4.74 Å². The Bertz CT molecular complexity index is 645. The van der Waals surface area contributed by atoms with Crippen molar-refractivity contribution >= 4 is 0 Å². The Morgan fingerprint density at radius 3 is 2.76 bits per heavy atom. The molecule has 1 aliphatic rings. The first-order chi connectivity index (χ1) is 12.2. The number of nitrogens with zero attached hydrogens (tertiary/aromatic N) is 3. The van der Waals surface area contributed by atoms with Gasteiger partial charge in [0.15, 0.2) is 0 Å². The van der Waals surface area contributed by atoms with E-state index in [0.717, 1.165) is 31.1 Å². The van der Waals surface area contributed by atoms with Gasteiger partial charge in [0.2, 0.25) is 0 Å². The van der Waals surface area contributed by atoms with Gasteiger partial charge in [0.1, 0.15) is 12.4 Å². The van der Waals surface area contributed by atoms with E-state index in [-0.39, 0.29) is 0 Å². The molecule has 4 heteroatoms. The van der Waals surface area contributed by atoms with Crippen molar-refractivity contribution in [1.82, 2.24) is 14.8 Å². The van der Waals surface area contributed by atoms with E-state index >= 15 is 0 Å². The van der Waals surface area contributed by atoms with Crippen LogP contribution >= 0.6 is 0 Å². The molecule has 1 aromatic heterocycles. The minimum Gasteiger partial charge on any atom is -0.487 e. The fourth-order valence-electron chi connectivity index (χ4n) is 3.30. The lowest BCUT2D eigenvalue weighted by atomic mass is 10.2. The average Bonchev–Trinajstić information content (AvgIpc) is 2.87. The molecule has 0 bridgehead atoms. The molecule has 0 N–H and O–H groups in total. The molecule has 2 aromatic rings. The van der Waals surface area contributed by atoms with Crippen molar-refractivity contribution in [2.45, 2.75) is 39.5 Å². The maximum atomic E-state index is 5.91. The number of pyridine rings is 1. The maximum absolute atomic E-state index is 5.91. The highest BCUT2D eigenvalue weighted by molar-refractivity contribution is 5.28. The van der Waals surface area contributed by atoms with Crippen molar-refractivity contribution in [1.29, 1.82) is 0 Å². The average molecular weight is 339 g/mol. The molecular weight excluding hydrogens is 310 g/mol. The van der Waals surface area contributed by atoms with E-state index in [4.69, 9.17) is 4.74 Å². The number of benzene rings is 1. The highest BCUT2D eigenvalue weighted by atomic mass is 16.5. The summed E-state index contributed by atoms with van der Waals surface area (Å²) in [5, 5.41) is 0. The fraction of sp³-hybridized carbons (Fsp3) is 0.476. The van der Waals surface area contributed by atoms with Gasteiger partial charge in [-0.25, -0.2) is 0 Å². The van der Waals surface area contributed by atoms with Gasteiger partial charge in [0.25, 0.3) is 0 Å². The first kappa shape index (κ1) is 17.9. The van der Waals surface area contributed by atoms with Gasteiger partial charge in [-0.2, -0.15) is 0 Å². The molecule has 25 heavy (non-hydrogen) atoms. The molecule has 2 heterocycles. The monoisotopic (exact) mass is 339 g/mol. The summed E-state index contributed by atoms with van der Waals surface area (Å²) >= 11 is 0. The molecule has 1 aromatic carbocycles. The van der Waals surface area contributed by atoms with E-state index in [1.165, 1.54) is 25.1 Å². The molecule has 4 nitrogen and oxygen atoms in total. The topological polar surface area (TPSA) is 28.6 Å². The lowest BCUT2D eigenvalue weighted by molar-refractivity contribution is 0.218. The summed E-state index contributed by atoms with van der Waals surface area (Å²) in [6.45, 7) is 10.8. The fourth-order valence-corrected chi connectivity index (χ4v) is 3.30. The molecule has 134 valence electrons. The van der Waals surface area contributed by atoms with E-state index in [2.05, 4.69) is 46.8 Å². The minimum absolute atomic E-state index is 0.511. The third-order valence-corrected chi connectivity index (χ3v) is 4.77. The van der Waals surface area contributed by atoms with Crippen molar-refractivity contribution in [3.8, 4) is 5.75 Å². The molecule has 0 atom stereocenters. The van der Waals surface area contributed by atoms with Gasteiger partial charge in [0.05, 0.1) is 5.69 Å².